The molecule has 8 heteroatoms. The van der Waals surface area contributed by atoms with Crippen molar-refractivity contribution in [2.75, 3.05) is 18.1 Å². The van der Waals surface area contributed by atoms with Crippen LogP contribution in [0.15, 0.2) is 70.1 Å². The van der Waals surface area contributed by atoms with Crippen LogP contribution >= 0.6 is 11.8 Å². The van der Waals surface area contributed by atoms with Crippen LogP contribution in [-0.2, 0) is 0 Å². The van der Waals surface area contributed by atoms with Gasteiger partial charge in [-0.15, -0.1) is 11.8 Å². The highest BCUT2D eigenvalue weighted by atomic mass is 32.2. The van der Waals surface area contributed by atoms with Crippen LogP contribution in [0.3, 0.4) is 0 Å². The van der Waals surface area contributed by atoms with Crippen molar-refractivity contribution in [3.05, 3.63) is 60.2 Å². The molecule has 0 radical (unpaired) electrons. The molecule has 5 rings (SSSR count). The summed E-state index contributed by atoms with van der Waals surface area (Å²) in [6.07, 6.45) is 12.6. The van der Waals surface area contributed by atoms with Gasteiger partial charge in [-0.25, -0.2) is 9.97 Å². The van der Waals surface area contributed by atoms with E-state index in [9.17, 15) is 0 Å². The molecule has 1 atom stereocenters. The molecule has 0 bridgehead atoms. The number of thioether (sulfide) groups is 1. The van der Waals surface area contributed by atoms with Gasteiger partial charge in [0.25, 0.3) is 0 Å². The van der Waals surface area contributed by atoms with E-state index in [1.54, 1.807) is 11.8 Å². The molecule has 2 aliphatic rings. The van der Waals surface area contributed by atoms with Gasteiger partial charge in [0.2, 0.25) is 11.8 Å². The van der Waals surface area contributed by atoms with Crippen molar-refractivity contribution < 1.29 is 4.74 Å². The number of nitrogens with two attached hydrogens (primary N) is 1. The van der Waals surface area contributed by atoms with Crippen LogP contribution in [0.4, 0.5) is 5.95 Å². The zero-order chi connectivity index (χ0) is 23.5. The van der Waals surface area contributed by atoms with Crippen LogP contribution in [0.5, 0.6) is 5.88 Å². The predicted octanol–water partition coefficient (Wildman–Crippen LogP) is 5.00. The Bertz CT molecular complexity index is 1300. The summed E-state index contributed by atoms with van der Waals surface area (Å²) in [6, 6.07) is 12.5. The molecule has 174 valence electrons. The average Bonchev–Trinajstić information content (AvgIpc) is 3.60. The normalized spacial score (nSPS) is 18.8. The van der Waals surface area contributed by atoms with Gasteiger partial charge in [0.1, 0.15) is 5.60 Å². The minimum absolute atomic E-state index is 0.113. The molecule has 0 saturated heterocycles. The highest BCUT2D eigenvalue weighted by Crippen LogP contribution is 2.41. The number of benzene rings is 1. The summed E-state index contributed by atoms with van der Waals surface area (Å²) in [5.41, 5.74) is 9.76. The fraction of sp³-hybridized carbons (Fsp3) is 0.308. The maximum atomic E-state index is 6.32. The molecule has 0 aliphatic heterocycles. The number of aliphatic imine (C=N–C) groups is 1. The van der Waals surface area contributed by atoms with Gasteiger partial charge in [0.05, 0.1) is 23.6 Å². The van der Waals surface area contributed by atoms with Crippen LogP contribution in [0.25, 0.3) is 22.3 Å². The smallest absolute Gasteiger partial charge is 0.246 e. The fourth-order valence-electron chi connectivity index (χ4n) is 3.78. The number of nitrogens with one attached hydrogen (secondary N) is 1. The summed E-state index contributed by atoms with van der Waals surface area (Å²) in [4.78, 5) is 19.8. The van der Waals surface area contributed by atoms with Crippen molar-refractivity contribution in [2.45, 2.75) is 42.7 Å². The first-order valence-electron chi connectivity index (χ1n) is 11.4. The number of hydrogen-bond acceptors (Lipinski definition) is 7. The zero-order valence-corrected chi connectivity index (χ0v) is 20.2. The SMILES string of the molecule is CSc1cccc(-c2ccc3nc(NCC4=CCC(N=CN)C=C4)nc(OC4(C)CC4)c3n2)c1. The number of nitrogens with zero attached hydrogens (tertiary/aromatic N) is 4. The van der Waals surface area contributed by atoms with Crippen molar-refractivity contribution in [3.8, 4) is 17.1 Å². The molecule has 1 saturated carbocycles. The van der Waals surface area contributed by atoms with Gasteiger partial charge in [-0.1, -0.05) is 30.4 Å². The Kier molecular flexibility index (Phi) is 6.24. The van der Waals surface area contributed by atoms with Crippen LogP contribution in [0, 0.1) is 0 Å². The average molecular weight is 473 g/mol. The summed E-state index contributed by atoms with van der Waals surface area (Å²) in [7, 11) is 0. The quantitative estimate of drug-likeness (QED) is 0.270. The lowest BCUT2D eigenvalue weighted by Crippen LogP contribution is -2.16. The van der Waals surface area contributed by atoms with Gasteiger partial charge >= 0.3 is 0 Å². The molecule has 0 amide bonds. The second-order valence-corrected chi connectivity index (χ2v) is 9.67. The van der Waals surface area contributed by atoms with Crippen LogP contribution in [-0.4, -0.2) is 45.7 Å². The lowest BCUT2D eigenvalue weighted by Gasteiger charge is -2.16. The van der Waals surface area contributed by atoms with Crippen LogP contribution in [0.1, 0.15) is 26.2 Å². The first-order valence-corrected chi connectivity index (χ1v) is 12.6. The standard InChI is InChI=1S/C26H28N6OS/c1-26(12-13-26)33-24-23-22(11-10-21(30-23)18-4-3-5-20(14-18)34-2)31-25(32-24)28-15-17-6-8-19(9-7-17)29-16-27/h3-8,10-11,14,16,19H,9,12-13,15H2,1-2H3,(H2,27,29)(H,28,31,32). The summed E-state index contributed by atoms with van der Waals surface area (Å²) in [5.74, 6) is 1.06. The second-order valence-electron chi connectivity index (χ2n) is 8.79. The summed E-state index contributed by atoms with van der Waals surface area (Å²) in [5, 5.41) is 3.35. The van der Waals surface area contributed by atoms with E-state index in [1.165, 1.54) is 11.2 Å². The van der Waals surface area contributed by atoms with E-state index >= 15 is 0 Å². The third-order valence-electron chi connectivity index (χ3n) is 6.06. The van der Waals surface area contributed by atoms with E-state index in [0.717, 1.165) is 41.6 Å². The van der Waals surface area contributed by atoms with Crippen molar-refractivity contribution >= 4 is 35.1 Å². The predicted molar refractivity (Wildman–Crippen MR) is 140 cm³/mol. The lowest BCUT2D eigenvalue weighted by molar-refractivity contribution is 0.194. The number of pyridine rings is 1. The van der Waals surface area contributed by atoms with Crippen molar-refractivity contribution in [1.29, 1.82) is 0 Å². The van der Waals surface area contributed by atoms with Crippen molar-refractivity contribution in [1.82, 2.24) is 15.0 Å². The third kappa shape index (κ3) is 5.07. The van der Waals surface area contributed by atoms with Gasteiger partial charge < -0.3 is 15.8 Å². The first kappa shape index (κ1) is 22.4. The molecular formula is C26H28N6OS. The summed E-state index contributed by atoms with van der Waals surface area (Å²) in [6.45, 7) is 2.72. The maximum absolute atomic E-state index is 6.32. The number of rotatable bonds is 8. The number of aromatic nitrogens is 3. The Labute approximate surface area is 203 Å². The highest BCUT2D eigenvalue weighted by Gasteiger charge is 2.41. The van der Waals surface area contributed by atoms with Crippen LogP contribution in [0.2, 0.25) is 0 Å². The van der Waals surface area contributed by atoms with E-state index in [1.807, 2.05) is 12.1 Å². The van der Waals surface area contributed by atoms with Crippen LogP contribution < -0.4 is 15.8 Å². The maximum Gasteiger partial charge on any atom is 0.246 e. The second kappa shape index (κ2) is 9.46. The Morgan fingerprint density at radius 3 is 2.85 bits per heavy atom. The Morgan fingerprint density at radius 2 is 2.12 bits per heavy atom. The Morgan fingerprint density at radius 1 is 1.24 bits per heavy atom. The number of ether oxygens (including phenoxy) is 1. The van der Waals surface area contributed by atoms with Crippen molar-refractivity contribution in [3.63, 3.8) is 0 Å². The summed E-state index contributed by atoms with van der Waals surface area (Å²) >= 11 is 1.71. The molecule has 3 aromatic rings. The van der Waals surface area contributed by atoms with E-state index in [4.69, 9.17) is 25.4 Å². The Hall–Kier alpha value is -3.39. The highest BCUT2D eigenvalue weighted by molar-refractivity contribution is 7.98. The van der Waals surface area contributed by atoms with Gasteiger partial charge in [0, 0.05) is 17.0 Å². The number of hydrogen-bond donors (Lipinski definition) is 2. The largest absolute Gasteiger partial charge is 0.470 e. The van der Waals surface area contributed by atoms with Gasteiger partial charge in [-0.3, -0.25) is 4.99 Å². The molecule has 2 heterocycles. The van der Waals surface area contributed by atoms with Gasteiger partial charge in [-0.2, -0.15) is 4.98 Å². The van der Waals surface area contributed by atoms with E-state index in [-0.39, 0.29) is 11.6 Å². The molecule has 2 aromatic heterocycles. The van der Waals surface area contributed by atoms with E-state index < -0.39 is 0 Å². The number of anilines is 1. The van der Waals surface area contributed by atoms with E-state index in [0.29, 0.717) is 23.9 Å². The van der Waals surface area contributed by atoms with Crippen molar-refractivity contribution in [2.24, 2.45) is 10.7 Å². The minimum atomic E-state index is -0.178. The zero-order valence-electron chi connectivity index (χ0n) is 19.4. The molecule has 1 fully saturated rings. The first-order chi connectivity index (χ1) is 16.5. The van der Waals surface area contributed by atoms with E-state index in [2.05, 4.69) is 66.0 Å². The van der Waals surface area contributed by atoms with Gasteiger partial charge in [0.15, 0.2) is 5.52 Å². The van der Waals surface area contributed by atoms with Gasteiger partial charge in [-0.05, 0) is 62.3 Å². The molecule has 0 spiro atoms. The molecule has 34 heavy (non-hydrogen) atoms. The molecule has 2 aliphatic carbocycles. The minimum Gasteiger partial charge on any atom is -0.470 e. The Balaban J connectivity index is 1.43. The molecule has 1 unspecified atom stereocenters. The molecule has 1 aromatic carbocycles. The third-order valence-corrected chi connectivity index (χ3v) is 6.78. The number of fused-ring (bicyclic) bond motifs is 1. The monoisotopic (exact) mass is 472 g/mol. The summed E-state index contributed by atoms with van der Waals surface area (Å²) < 4.78 is 6.32. The molecule has 7 nitrogen and oxygen atoms in total. The molecular weight excluding hydrogens is 444 g/mol. The lowest BCUT2D eigenvalue weighted by atomic mass is 10.0. The molecule has 3 N–H and O–H groups in total. The topological polar surface area (TPSA) is 98.3 Å². The fourth-order valence-corrected chi connectivity index (χ4v) is 4.24.